The van der Waals surface area contributed by atoms with Crippen LogP contribution in [-0.4, -0.2) is 21.5 Å². The number of sulfonamides is 1. The summed E-state index contributed by atoms with van der Waals surface area (Å²) in [5, 5.41) is 0. The van der Waals surface area contributed by atoms with Gasteiger partial charge in [-0.3, -0.25) is 0 Å². The number of ether oxygens (including phenoxy) is 1. The number of hydrogen-bond donors (Lipinski definition) is 1. The molecular weight excluding hydrogens is 326 g/mol. The van der Waals surface area contributed by atoms with Crippen molar-refractivity contribution in [2.45, 2.75) is 30.2 Å². The van der Waals surface area contributed by atoms with E-state index in [9.17, 15) is 13.2 Å². The molecule has 0 bridgehead atoms. The zero-order valence-corrected chi connectivity index (χ0v) is 14.2. The molecule has 24 heavy (non-hydrogen) atoms. The van der Waals surface area contributed by atoms with E-state index in [1.165, 1.54) is 19.2 Å². The predicted molar refractivity (Wildman–Crippen MR) is 90.2 cm³/mol. The molecule has 0 amide bonds. The van der Waals surface area contributed by atoms with Gasteiger partial charge in [0.05, 0.1) is 17.6 Å². The third kappa shape index (κ3) is 3.20. The standard InChI is InChI=1S/C18H19NO4S/c1-23-18(20)15-10-4-5-12-17(15)24(21,22)19-16-11-6-8-13-7-2-3-9-14(13)16/h2-5,7,9-10,12,16,19H,6,8,11H2,1H3/t16-/m1/s1. The molecule has 6 heteroatoms. The van der Waals surface area contributed by atoms with Crippen molar-refractivity contribution in [1.29, 1.82) is 0 Å². The van der Waals surface area contributed by atoms with Crippen molar-refractivity contribution in [1.82, 2.24) is 4.72 Å². The highest BCUT2D eigenvalue weighted by Gasteiger charge is 2.28. The molecule has 0 fully saturated rings. The van der Waals surface area contributed by atoms with Gasteiger partial charge in [0.15, 0.2) is 0 Å². The lowest BCUT2D eigenvalue weighted by atomic mass is 9.88. The molecular formula is C18H19NO4S. The zero-order valence-electron chi connectivity index (χ0n) is 13.4. The Morgan fingerprint density at radius 3 is 2.62 bits per heavy atom. The van der Waals surface area contributed by atoms with Crippen molar-refractivity contribution in [2.24, 2.45) is 0 Å². The molecule has 1 atom stereocenters. The Kier molecular flexibility index (Phi) is 4.69. The zero-order chi connectivity index (χ0) is 17.2. The number of fused-ring (bicyclic) bond motifs is 1. The topological polar surface area (TPSA) is 72.5 Å². The number of benzene rings is 2. The van der Waals surface area contributed by atoms with E-state index in [0.29, 0.717) is 0 Å². The summed E-state index contributed by atoms with van der Waals surface area (Å²) in [7, 11) is -2.61. The Morgan fingerprint density at radius 2 is 1.83 bits per heavy atom. The number of nitrogens with one attached hydrogen (secondary N) is 1. The van der Waals surface area contributed by atoms with Crippen molar-refractivity contribution >= 4 is 16.0 Å². The fourth-order valence-electron chi connectivity index (χ4n) is 3.11. The molecule has 126 valence electrons. The van der Waals surface area contributed by atoms with Crippen LogP contribution in [-0.2, 0) is 21.2 Å². The maximum absolute atomic E-state index is 12.8. The van der Waals surface area contributed by atoms with Crippen LogP contribution in [0.25, 0.3) is 0 Å². The SMILES string of the molecule is COC(=O)c1ccccc1S(=O)(=O)N[C@@H]1CCCc2ccccc21. The average Bonchev–Trinajstić information content (AvgIpc) is 2.61. The van der Waals surface area contributed by atoms with Gasteiger partial charge >= 0.3 is 5.97 Å². The van der Waals surface area contributed by atoms with Crippen molar-refractivity contribution in [3.05, 3.63) is 65.2 Å². The quantitative estimate of drug-likeness (QED) is 0.865. The first kappa shape index (κ1) is 16.7. The van der Waals surface area contributed by atoms with Crippen LogP contribution >= 0.6 is 0 Å². The fourth-order valence-corrected chi connectivity index (χ4v) is 4.55. The van der Waals surface area contributed by atoms with Crippen molar-refractivity contribution in [3.63, 3.8) is 0 Å². The van der Waals surface area contributed by atoms with Crippen LogP contribution in [0.4, 0.5) is 0 Å². The van der Waals surface area contributed by atoms with Gasteiger partial charge in [0.1, 0.15) is 0 Å². The van der Waals surface area contributed by atoms with Crippen LogP contribution < -0.4 is 4.72 Å². The van der Waals surface area contributed by atoms with Gasteiger partial charge < -0.3 is 4.74 Å². The van der Waals surface area contributed by atoms with Gasteiger partial charge in [-0.2, -0.15) is 0 Å². The summed E-state index contributed by atoms with van der Waals surface area (Å²) < 4.78 is 33.1. The molecule has 0 saturated heterocycles. The summed E-state index contributed by atoms with van der Waals surface area (Å²) in [5.74, 6) is -0.667. The van der Waals surface area contributed by atoms with Crippen LogP contribution in [0.15, 0.2) is 53.4 Å². The molecule has 0 saturated carbocycles. The van der Waals surface area contributed by atoms with Gasteiger partial charge in [0, 0.05) is 6.04 Å². The van der Waals surface area contributed by atoms with E-state index < -0.39 is 16.0 Å². The number of methoxy groups -OCH3 is 1. The normalized spacial score (nSPS) is 17.1. The average molecular weight is 345 g/mol. The molecule has 0 unspecified atom stereocenters. The first-order valence-corrected chi connectivity index (χ1v) is 9.29. The van der Waals surface area contributed by atoms with E-state index in [1.807, 2.05) is 24.3 Å². The van der Waals surface area contributed by atoms with Gasteiger partial charge in [0.2, 0.25) is 10.0 Å². The van der Waals surface area contributed by atoms with Gasteiger partial charge in [-0.1, -0.05) is 36.4 Å². The van der Waals surface area contributed by atoms with E-state index in [1.54, 1.807) is 12.1 Å². The Morgan fingerprint density at radius 1 is 1.12 bits per heavy atom. The van der Waals surface area contributed by atoms with Crippen molar-refractivity contribution in [2.75, 3.05) is 7.11 Å². The van der Waals surface area contributed by atoms with Gasteiger partial charge in [-0.15, -0.1) is 0 Å². The van der Waals surface area contributed by atoms with E-state index >= 15 is 0 Å². The Labute approximate surface area is 141 Å². The number of carbonyl (C=O) groups is 1. The number of hydrogen-bond acceptors (Lipinski definition) is 4. The molecule has 1 N–H and O–H groups in total. The first-order chi connectivity index (χ1) is 11.5. The molecule has 0 spiro atoms. The number of carbonyl (C=O) groups excluding carboxylic acids is 1. The summed E-state index contributed by atoms with van der Waals surface area (Å²) in [5.41, 5.74) is 2.21. The van der Waals surface area contributed by atoms with Crippen molar-refractivity contribution < 1.29 is 17.9 Å². The molecule has 1 aliphatic carbocycles. The van der Waals surface area contributed by atoms with Crippen LogP contribution in [0, 0.1) is 0 Å². The summed E-state index contributed by atoms with van der Waals surface area (Å²) in [4.78, 5) is 11.8. The third-order valence-electron chi connectivity index (χ3n) is 4.25. The fraction of sp³-hybridized carbons (Fsp3) is 0.278. The highest BCUT2D eigenvalue weighted by molar-refractivity contribution is 7.89. The second-order valence-electron chi connectivity index (χ2n) is 5.75. The lowest BCUT2D eigenvalue weighted by molar-refractivity contribution is 0.0596. The second-order valence-corrected chi connectivity index (χ2v) is 7.44. The smallest absolute Gasteiger partial charge is 0.339 e. The van der Waals surface area contributed by atoms with Crippen molar-refractivity contribution in [3.8, 4) is 0 Å². The monoisotopic (exact) mass is 345 g/mol. The van der Waals surface area contributed by atoms with E-state index in [-0.39, 0.29) is 16.5 Å². The van der Waals surface area contributed by atoms with Crippen LogP contribution in [0.2, 0.25) is 0 Å². The summed E-state index contributed by atoms with van der Waals surface area (Å²) >= 11 is 0. The Balaban J connectivity index is 1.95. The van der Waals surface area contributed by atoms with E-state index in [0.717, 1.165) is 30.4 Å². The van der Waals surface area contributed by atoms with Crippen LogP contribution in [0.3, 0.4) is 0 Å². The molecule has 0 heterocycles. The van der Waals surface area contributed by atoms with Gasteiger partial charge in [0.25, 0.3) is 0 Å². The maximum Gasteiger partial charge on any atom is 0.339 e. The van der Waals surface area contributed by atoms with Gasteiger partial charge in [-0.05, 0) is 42.5 Å². The van der Waals surface area contributed by atoms with E-state index in [4.69, 9.17) is 0 Å². The second kappa shape index (κ2) is 6.75. The maximum atomic E-state index is 12.8. The lowest BCUT2D eigenvalue weighted by Gasteiger charge is -2.26. The largest absolute Gasteiger partial charge is 0.465 e. The molecule has 5 nitrogen and oxygen atoms in total. The third-order valence-corrected chi connectivity index (χ3v) is 5.78. The minimum atomic E-state index is -3.84. The minimum Gasteiger partial charge on any atom is -0.465 e. The van der Waals surface area contributed by atoms with Crippen LogP contribution in [0.1, 0.15) is 40.4 Å². The Bertz CT molecular complexity index is 861. The molecule has 3 rings (SSSR count). The first-order valence-electron chi connectivity index (χ1n) is 7.80. The summed E-state index contributed by atoms with van der Waals surface area (Å²) in [6.45, 7) is 0. The number of esters is 1. The van der Waals surface area contributed by atoms with Crippen LogP contribution in [0.5, 0.6) is 0 Å². The molecule has 2 aromatic rings. The molecule has 2 aromatic carbocycles. The molecule has 0 aliphatic heterocycles. The highest BCUT2D eigenvalue weighted by Crippen LogP contribution is 2.31. The molecule has 1 aliphatic rings. The minimum absolute atomic E-state index is 0.0385. The Hall–Kier alpha value is -2.18. The number of rotatable bonds is 4. The van der Waals surface area contributed by atoms with E-state index in [2.05, 4.69) is 9.46 Å². The molecule has 0 radical (unpaired) electrons. The van der Waals surface area contributed by atoms with Gasteiger partial charge in [-0.25, -0.2) is 17.9 Å². The summed E-state index contributed by atoms with van der Waals surface area (Å²) in [6, 6.07) is 13.6. The lowest BCUT2D eigenvalue weighted by Crippen LogP contribution is -2.32. The molecule has 0 aromatic heterocycles. The summed E-state index contributed by atoms with van der Waals surface area (Å²) in [6.07, 6.45) is 2.60. The number of aryl methyl sites for hydroxylation is 1. The predicted octanol–water partition coefficient (Wildman–Crippen LogP) is 2.83. The highest BCUT2D eigenvalue weighted by atomic mass is 32.2.